The maximum atomic E-state index is 10.5. The zero-order chi connectivity index (χ0) is 10.9. The summed E-state index contributed by atoms with van der Waals surface area (Å²) in [5, 5.41) is 10.5. The molecule has 0 aromatic carbocycles. The lowest BCUT2D eigenvalue weighted by Crippen LogP contribution is -2.44. The first-order valence-electron chi connectivity index (χ1n) is 5.74. The normalized spacial score (nSPS) is 39.3. The molecule has 1 nitrogen and oxygen atoms in total. The fourth-order valence-corrected chi connectivity index (χ4v) is 6.20. The Morgan fingerprint density at radius 1 is 1.33 bits per heavy atom. The minimum atomic E-state index is -0.517. The van der Waals surface area contributed by atoms with Gasteiger partial charge in [-0.3, -0.25) is 0 Å². The lowest BCUT2D eigenvalue weighted by molar-refractivity contribution is -0.00273. The van der Waals surface area contributed by atoms with E-state index in [1.807, 2.05) is 30.4 Å². The molecule has 15 heavy (non-hydrogen) atoms. The quantitative estimate of drug-likeness (QED) is 0.715. The Morgan fingerprint density at radius 2 is 2.00 bits per heavy atom. The lowest BCUT2D eigenvalue weighted by atomic mass is 9.75. The molecule has 2 atom stereocenters. The molecule has 3 heteroatoms. The van der Waals surface area contributed by atoms with E-state index in [0.29, 0.717) is 10.5 Å². The third-order valence-electron chi connectivity index (χ3n) is 3.42. The third-order valence-corrected chi connectivity index (χ3v) is 6.48. The molecule has 1 heterocycles. The minimum absolute atomic E-state index is 0.307. The number of aliphatic hydroxyl groups is 1. The molecule has 0 aromatic rings. The zero-order valence-corrected chi connectivity index (χ0v) is 11.0. The van der Waals surface area contributed by atoms with Gasteiger partial charge in [0.2, 0.25) is 0 Å². The molecular formula is C12H20OS2. The molecule has 0 spiro atoms. The molecule has 0 aromatic heterocycles. The van der Waals surface area contributed by atoms with Gasteiger partial charge in [-0.05, 0) is 44.1 Å². The van der Waals surface area contributed by atoms with Crippen LogP contribution in [-0.4, -0.2) is 26.8 Å². The summed E-state index contributed by atoms with van der Waals surface area (Å²) >= 11 is 4.04. The third kappa shape index (κ3) is 2.56. The molecule has 0 amide bonds. The molecule has 0 bridgehead atoms. The van der Waals surface area contributed by atoms with Crippen molar-refractivity contribution >= 4 is 23.5 Å². The first kappa shape index (κ1) is 11.9. The molecule has 0 radical (unpaired) electrons. The number of thioether (sulfide) groups is 2. The van der Waals surface area contributed by atoms with E-state index in [2.05, 4.69) is 6.58 Å². The van der Waals surface area contributed by atoms with Gasteiger partial charge in [0, 0.05) is 5.92 Å². The highest BCUT2D eigenvalue weighted by molar-refractivity contribution is 8.17. The van der Waals surface area contributed by atoms with Crippen LogP contribution in [0.4, 0.5) is 0 Å². The van der Waals surface area contributed by atoms with E-state index in [1.165, 1.54) is 23.5 Å². The van der Waals surface area contributed by atoms with E-state index >= 15 is 0 Å². The Hall–Kier alpha value is 0.400. The predicted molar refractivity (Wildman–Crippen MR) is 70.4 cm³/mol. The molecule has 1 N–H and O–H groups in total. The first-order valence-corrected chi connectivity index (χ1v) is 7.84. The summed E-state index contributed by atoms with van der Waals surface area (Å²) in [5.41, 5.74) is 0.760. The fourth-order valence-electron chi connectivity index (χ4n) is 2.61. The smallest absolute Gasteiger partial charge is 0.0703 e. The van der Waals surface area contributed by atoms with Gasteiger partial charge in [0.1, 0.15) is 0 Å². The monoisotopic (exact) mass is 244 g/mol. The van der Waals surface area contributed by atoms with Crippen molar-refractivity contribution in [1.29, 1.82) is 0 Å². The number of hydrogen-bond donors (Lipinski definition) is 1. The van der Waals surface area contributed by atoms with E-state index in [-0.39, 0.29) is 0 Å². The van der Waals surface area contributed by atoms with Crippen molar-refractivity contribution < 1.29 is 5.11 Å². The molecule has 2 fully saturated rings. The summed E-state index contributed by atoms with van der Waals surface area (Å²) in [6.45, 7) is 6.18. The van der Waals surface area contributed by atoms with Crippen LogP contribution in [-0.2, 0) is 0 Å². The highest BCUT2D eigenvalue weighted by atomic mass is 32.2. The maximum Gasteiger partial charge on any atom is 0.0703 e. The van der Waals surface area contributed by atoms with Crippen LogP contribution in [0.25, 0.3) is 0 Å². The topological polar surface area (TPSA) is 20.2 Å². The van der Waals surface area contributed by atoms with E-state index in [9.17, 15) is 5.11 Å². The van der Waals surface area contributed by atoms with Crippen LogP contribution in [0.2, 0.25) is 0 Å². The molecular weight excluding hydrogens is 224 g/mol. The van der Waals surface area contributed by atoms with Crippen molar-refractivity contribution in [3.8, 4) is 0 Å². The zero-order valence-electron chi connectivity index (χ0n) is 9.37. The average molecular weight is 244 g/mol. The van der Waals surface area contributed by atoms with Gasteiger partial charge in [-0.15, -0.1) is 23.5 Å². The number of rotatable bonds is 1. The van der Waals surface area contributed by atoms with Crippen molar-refractivity contribution in [3.05, 3.63) is 12.2 Å². The van der Waals surface area contributed by atoms with E-state index in [1.54, 1.807) is 0 Å². The van der Waals surface area contributed by atoms with Gasteiger partial charge in [-0.1, -0.05) is 12.2 Å². The Morgan fingerprint density at radius 3 is 2.60 bits per heavy atom. The molecule has 2 rings (SSSR count). The van der Waals surface area contributed by atoms with Gasteiger partial charge < -0.3 is 5.11 Å². The Balaban J connectivity index is 2.11. The van der Waals surface area contributed by atoms with Crippen molar-refractivity contribution in [2.45, 2.75) is 42.8 Å². The summed E-state index contributed by atoms with van der Waals surface area (Å²) in [7, 11) is 0. The highest BCUT2D eigenvalue weighted by Gasteiger charge is 2.42. The van der Waals surface area contributed by atoms with Crippen LogP contribution in [0.5, 0.6) is 0 Å². The summed E-state index contributed by atoms with van der Waals surface area (Å²) in [5.74, 6) is 2.80. The average Bonchev–Trinajstić information content (AvgIpc) is 2.17. The van der Waals surface area contributed by atoms with Crippen LogP contribution >= 0.6 is 23.5 Å². The predicted octanol–water partition coefficient (Wildman–Crippen LogP) is 3.29. The number of hydrogen-bond acceptors (Lipinski definition) is 3. The molecule has 2 aliphatic rings. The Labute approximate surface area is 101 Å². The van der Waals surface area contributed by atoms with Gasteiger partial charge in [-0.25, -0.2) is 0 Å². The van der Waals surface area contributed by atoms with E-state index in [4.69, 9.17) is 0 Å². The van der Waals surface area contributed by atoms with Gasteiger partial charge >= 0.3 is 0 Å². The summed E-state index contributed by atoms with van der Waals surface area (Å²) in [4.78, 5) is 0. The van der Waals surface area contributed by atoms with Gasteiger partial charge in [0.05, 0.1) is 10.2 Å². The Bertz CT molecular complexity index is 244. The molecule has 86 valence electrons. The second-order valence-corrected chi connectivity index (χ2v) is 7.61. The fraction of sp³-hybridized carbons (Fsp3) is 0.833. The summed E-state index contributed by atoms with van der Waals surface area (Å²) in [6, 6.07) is 0. The molecule has 1 saturated carbocycles. The first-order chi connectivity index (χ1) is 7.11. The SMILES string of the molecule is C=C1CCCC(C)(O)C1C1SCCCS1. The molecule has 2 unspecified atom stereocenters. The maximum absolute atomic E-state index is 10.5. The van der Waals surface area contributed by atoms with Crippen molar-refractivity contribution in [1.82, 2.24) is 0 Å². The van der Waals surface area contributed by atoms with Crippen LogP contribution in [0.15, 0.2) is 12.2 Å². The van der Waals surface area contributed by atoms with E-state index in [0.717, 1.165) is 19.3 Å². The van der Waals surface area contributed by atoms with Crippen LogP contribution in [0.3, 0.4) is 0 Å². The molecule has 1 aliphatic carbocycles. The van der Waals surface area contributed by atoms with Gasteiger partial charge in [-0.2, -0.15) is 0 Å². The Kier molecular flexibility index (Phi) is 3.74. The summed E-state index contributed by atoms with van der Waals surface area (Å²) < 4.78 is 0.543. The van der Waals surface area contributed by atoms with Crippen molar-refractivity contribution in [2.75, 3.05) is 11.5 Å². The molecule has 1 saturated heterocycles. The second kappa shape index (κ2) is 4.72. The largest absolute Gasteiger partial charge is 0.389 e. The lowest BCUT2D eigenvalue weighted by Gasteiger charge is -2.43. The van der Waals surface area contributed by atoms with Crippen LogP contribution < -0.4 is 0 Å². The molecule has 1 aliphatic heterocycles. The summed E-state index contributed by atoms with van der Waals surface area (Å²) in [6.07, 6.45) is 4.46. The van der Waals surface area contributed by atoms with Crippen molar-refractivity contribution in [2.24, 2.45) is 5.92 Å². The second-order valence-electron chi connectivity index (χ2n) is 4.81. The highest BCUT2D eigenvalue weighted by Crippen LogP contribution is 2.48. The standard InChI is InChI=1S/C12H20OS2/c1-9-5-3-6-12(2,13)10(9)11-14-7-4-8-15-11/h10-11,13H,1,3-8H2,2H3. The van der Waals surface area contributed by atoms with Crippen molar-refractivity contribution in [3.63, 3.8) is 0 Å². The van der Waals surface area contributed by atoms with E-state index < -0.39 is 5.60 Å². The van der Waals surface area contributed by atoms with Gasteiger partial charge in [0.15, 0.2) is 0 Å². The van der Waals surface area contributed by atoms with Crippen LogP contribution in [0.1, 0.15) is 32.6 Å². The van der Waals surface area contributed by atoms with Gasteiger partial charge in [0.25, 0.3) is 0 Å². The van der Waals surface area contributed by atoms with Crippen LogP contribution in [0, 0.1) is 5.92 Å². The minimum Gasteiger partial charge on any atom is -0.389 e.